The highest BCUT2D eigenvalue weighted by atomic mass is 16.5. The molecular formula is C18H19NO4. The van der Waals surface area contributed by atoms with Gasteiger partial charge in [-0.25, -0.2) is 4.79 Å². The maximum atomic E-state index is 11.8. The summed E-state index contributed by atoms with van der Waals surface area (Å²) in [6.45, 7) is 0.137. The molecule has 5 heteroatoms. The van der Waals surface area contributed by atoms with Crippen molar-refractivity contribution >= 4 is 11.9 Å². The van der Waals surface area contributed by atoms with Crippen LogP contribution in [0.5, 0.6) is 0 Å². The maximum Gasteiger partial charge on any atom is 0.326 e. The fourth-order valence-corrected chi connectivity index (χ4v) is 2.12. The van der Waals surface area contributed by atoms with Crippen molar-refractivity contribution in [3.8, 4) is 0 Å². The number of benzene rings is 2. The Morgan fingerprint density at radius 2 is 1.52 bits per heavy atom. The van der Waals surface area contributed by atoms with Gasteiger partial charge in [-0.15, -0.1) is 0 Å². The number of ether oxygens (including phenoxy) is 1. The monoisotopic (exact) mass is 313 g/mol. The summed E-state index contributed by atoms with van der Waals surface area (Å²) in [6.07, 6.45) is 0.237. The van der Waals surface area contributed by atoms with Gasteiger partial charge in [-0.3, -0.25) is 4.79 Å². The zero-order valence-electron chi connectivity index (χ0n) is 12.6. The number of carboxylic acids is 1. The van der Waals surface area contributed by atoms with Crippen LogP contribution < -0.4 is 5.32 Å². The number of aliphatic carboxylic acids is 1. The Morgan fingerprint density at radius 3 is 2.09 bits per heavy atom. The Bertz CT molecular complexity index is 628. The molecule has 2 aromatic carbocycles. The van der Waals surface area contributed by atoms with Gasteiger partial charge in [-0.1, -0.05) is 60.7 Å². The van der Waals surface area contributed by atoms with Gasteiger partial charge >= 0.3 is 5.97 Å². The van der Waals surface area contributed by atoms with E-state index in [0.717, 1.165) is 11.1 Å². The van der Waals surface area contributed by atoms with Gasteiger partial charge in [0.2, 0.25) is 5.91 Å². The van der Waals surface area contributed by atoms with Crippen LogP contribution in [0.2, 0.25) is 0 Å². The first-order chi connectivity index (χ1) is 11.1. The van der Waals surface area contributed by atoms with Crippen molar-refractivity contribution in [2.45, 2.75) is 19.1 Å². The van der Waals surface area contributed by atoms with Crippen LogP contribution in [0, 0.1) is 0 Å². The quantitative estimate of drug-likeness (QED) is 0.782. The number of rotatable bonds is 8. The SMILES string of the molecule is O=C(COCc1ccccc1)N[C@H](Cc1ccccc1)C(=O)O. The molecule has 0 spiro atoms. The summed E-state index contributed by atoms with van der Waals surface area (Å²) in [5.41, 5.74) is 1.81. The zero-order chi connectivity index (χ0) is 16.5. The molecule has 0 heterocycles. The average molecular weight is 313 g/mol. The summed E-state index contributed by atoms with van der Waals surface area (Å²) in [4.78, 5) is 23.1. The Morgan fingerprint density at radius 1 is 0.957 bits per heavy atom. The van der Waals surface area contributed by atoms with Gasteiger partial charge in [-0.2, -0.15) is 0 Å². The Labute approximate surface area is 134 Å². The van der Waals surface area contributed by atoms with E-state index in [1.165, 1.54) is 0 Å². The zero-order valence-corrected chi connectivity index (χ0v) is 12.6. The molecule has 0 aromatic heterocycles. The summed E-state index contributed by atoms with van der Waals surface area (Å²) < 4.78 is 5.31. The summed E-state index contributed by atoms with van der Waals surface area (Å²) in [6, 6.07) is 17.7. The fraction of sp³-hybridized carbons (Fsp3) is 0.222. The second-order valence-corrected chi connectivity index (χ2v) is 5.13. The molecule has 120 valence electrons. The number of carbonyl (C=O) groups excluding carboxylic acids is 1. The Balaban J connectivity index is 1.80. The van der Waals surface area contributed by atoms with E-state index in [1.807, 2.05) is 60.7 Å². The predicted molar refractivity (Wildman–Crippen MR) is 85.8 cm³/mol. The third-order valence-electron chi connectivity index (χ3n) is 3.26. The number of amides is 1. The minimum Gasteiger partial charge on any atom is -0.480 e. The number of hydrogen-bond acceptors (Lipinski definition) is 3. The van der Waals surface area contributed by atoms with Crippen LogP contribution in [-0.4, -0.2) is 29.6 Å². The van der Waals surface area contributed by atoms with E-state index in [0.29, 0.717) is 6.61 Å². The smallest absolute Gasteiger partial charge is 0.326 e. The lowest BCUT2D eigenvalue weighted by molar-refractivity contribution is -0.142. The van der Waals surface area contributed by atoms with Gasteiger partial charge in [0.15, 0.2) is 0 Å². The normalized spacial score (nSPS) is 11.7. The molecule has 23 heavy (non-hydrogen) atoms. The van der Waals surface area contributed by atoms with Gasteiger partial charge in [0.05, 0.1) is 6.61 Å². The average Bonchev–Trinajstić information content (AvgIpc) is 2.56. The van der Waals surface area contributed by atoms with Crippen LogP contribution in [0.25, 0.3) is 0 Å². The number of hydrogen-bond donors (Lipinski definition) is 2. The molecular weight excluding hydrogens is 294 g/mol. The van der Waals surface area contributed by atoms with E-state index in [2.05, 4.69) is 5.32 Å². The van der Waals surface area contributed by atoms with Crippen LogP contribution in [0.15, 0.2) is 60.7 Å². The maximum absolute atomic E-state index is 11.8. The van der Waals surface area contributed by atoms with Gasteiger partial charge in [-0.05, 0) is 11.1 Å². The molecule has 1 atom stereocenters. The van der Waals surface area contributed by atoms with Crippen molar-refractivity contribution < 1.29 is 19.4 Å². The van der Waals surface area contributed by atoms with Crippen molar-refractivity contribution in [3.63, 3.8) is 0 Å². The first-order valence-corrected chi connectivity index (χ1v) is 7.33. The van der Waals surface area contributed by atoms with E-state index < -0.39 is 17.9 Å². The molecule has 0 aliphatic heterocycles. The molecule has 0 aliphatic carbocycles. The minimum absolute atomic E-state index is 0.173. The summed E-state index contributed by atoms with van der Waals surface area (Å²) >= 11 is 0. The van der Waals surface area contributed by atoms with Crippen molar-refractivity contribution in [1.82, 2.24) is 5.32 Å². The molecule has 1 amide bonds. The Hall–Kier alpha value is -2.66. The number of carbonyl (C=O) groups is 2. The summed E-state index contributed by atoms with van der Waals surface area (Å²) in [5.74, 6) is -1.51. The predicted octanol–water partition coefficient (Wildman–Crippen LogP) is 2.02. The molecule has 0 fully saturated rings. The van der Waals surface area contributed by atoms with Gasteiger partial charge in [0.1, 0.15) is 12.6 Å². The molecule has 2 aromatic rings. The van der Waals surface area contributed by atoms with Gasteiger partial charge < -0.3 is 15.2 Å². The molecule has 0 saturated carbocycles. The highest BCUT2D eigenvalue weighted by molar-refractivity contribution is 5.84. The molecule has 2 rings (SSSR count). The molecule has 0 saturated heterocycles. The van der Waals surface area contributed by atoms with Crippen LogP contribution in [0.3, 0.4) is 0 Å². The lowest BCUT2D eigenvalue weighted by Gasteiger charge is -2.14. The molecule has 0 unspecified atom stereocenters. The van der Waals surface area contributed by atoms with Gasteiger partial charge in [0.25, 0.3) is 0 Å². The summed E-state index contributed by atoms with van der Waals surface area (Å²) in [7, 11) is 0. The first kappa shape index (κ1) is 16.7. The van der Waals surface area contributed by atoms with Crippen LogP contribution in [0.1, 0.15) is 11.1 Å². The molecule has 2 N–H and O–H groups in total. The Kier molecular flexibility index (Phi) is 6.32. The summed E-state index contributed by atoms with van der Waals surface area (Å²) in [5, 5.41) is 11.7. The minimum atomic E-state index is -1.06. The van der Waals surface area contributed by atoms with E-state index in [4.69, 9.17) is 4.74 Å². The standard InChI is InChI=1S/C18H19NO4/c20-17(13-23-12-15-9-5-2-6-10-15)19-16(18(21)22)11-14-7-3-1-4-8-14/h1-10,16H,11-13H2,(H,19,20)(H,21,22)/t16-/m1/s1. The number of nitrogens with one attached hydrogen (secondary N) is 1. The van der Waals surface area contributed by atoms with E-state index in [-0.39, 0.29) is 13.0 Å². The lowest BCUT2D eigenvalue weighted by atomic mass is 10.1. The number of carboxylic acid groups (broad SMARTS) is 1. The van der Waals surface area contributed by atoms with Crippen LogP contribution in [0.4, 0.5) is 0 Å². The van der Waals surface area contributed by atoms with E-state index >= 15 is 0 Å². The van der Waals surface area contributed by atoms with Crippen LogP contribution >= 0.6 is 0 Å². The topological polar surface area (TPSA) is 75.6 Å². The highest BCUT2D eigenvalue weighted by Gasteiger charge is 2.20. The van der Waals surface area contributed by atoms with Crippen molar-refractivity contribution in [2.75, 3.05) is 6.61 Å². The van der Waals surface area contributed by atoms with Crippen molar-refractivity contribution in [3.05, 3.63) is 71.8 Å². The highest BCUT2D eigenvalue weighted by Crippen LogP contribution is 2.04. The van der Waals surface area contributed by atoms with Crippen LogP contribution in [-0.2, 0) is 27.4 Å². The molecule has 0 radical (unpaired) electrons. The van der Waals surface area contributed by atoms with Gasteiger partial charge in [0, 0.05) is 6.42 Å². The second kappa shape index (κ2) is 8.70. The largest absolute Gasteiger partial charge is 0.480 e. The van der Waals surface area contributed by atoms with E-state index in [9.17, 15) is 14.7 Å². The third-order valence-corrected chi connectivity index (χ3v) is 3.26. The molecule has 5 nitrogen and oxygen atoms in total. The van der Waals surface area contributed by atoms with Crippen molar-refractivity contribution in [1.29, 1.82) is 0 Å². The first-order valence-electron chi connectivity index (χ1n) is 7.33. The fourth-order valence-electron chi connectivity index (χ4n) is 2.12. The lowest BCUT2D eigenvalue weighted by Crippen LogP contribution is -2.43. The van der Waals surface area contributed by atoms with E-state index in [1.54, 1.807) is 0 Å². The molecule has 0 bridgehead atoms. The third kappa shape index (κ3) is 5.92. The molecule has 0 aliphatic rings. The second-order valence-electron chi connectivity index (χ2n) is 5.13. The van der Waals surface area contributed by atoms with Crippen molar-refractivity contribution in [2.24, 2.45) is 0 Å².